The molecule has 4 heterocycles. The van der Waals surface area contributed by atoms with Crippen LogP contribution < -0.4 is 11.1 Å². The Morgan fingerprint density at radius 3 is 2.78 bits per heavy atom. The van der Waals surface area contributed by atoms with Crippen molar-refractivity contribution in [3.63, 3.8) is 0 Å². The van der Waals surface area contributed by atoms with Gasteiger partial charge in [0.15, 0.2) is 0 Å². The van der Waals surface area contributed by atoms with E-state index in [2.05, 4.69) is 63.8 Å². The van der Waals surface area contributed by atoms with Gasteiger partial charge in [-0.2, -0.15) is 0 Å². The summed E-state index contributed by atoms with van der Waals surface area (Å²) in [5, 5.41) is 6.93. The number of likely N-dealkylation sites (N-methyl/N-ethyl adjacent to an activating group) is 1. The number of hydrogen-bond acceptors (Lipinski definition) is 7. The Bertz CT molecular complexity index is 1630. The number of pyridine rings is 1. The van der Waals surface area contributed by atoms with Crippen LogP contribution in [-0.4, -0.2) is 45.9 Å². The summed E-state index contributed by atoms with van der Waals surface area (Å²) in [6.07, 6.45) is 6.07. The second-order valence-corrected chi connectivity index (χ2v) is 10.3. The molecule has 8 heteroatoms. The van der Waals surface area contributed by atoms with E-state index in [9.17, 15) is 4.79 Å². The smallest absolute Gasteiger partial charge is 0.250 e. The van der Waals surface area contributed by atoms with Crippen LogP contribution in [-0.2, 0) is 0 Å². The van der Waals surface area contributed by atoms with E-state index in [1.807, 2.05) is 6.07 Å². The normalized spacial score (nSPS) is 16.1. The number of amides is 1. The average molecular weight is 495 g/mol. The maximum Gasteiger partial charge on any atom is 0.250 e. The minimum atomic E-state index is -0.480. The largest absolute Gasteiger partial charge is 0.366 e. The fourth-order valence-corrected chi connectivity index (χ4v) is 6.04. The van der Waals surface area contributed by atoms with E-state index in [4.69, 9.17) is 10.7 Å². The molecular formula is C28H26N6OS. The molecule has 0 spiro atoms. The van der Waals surface area contributed by atoms with Crippen molar-refractivity contribution in [2.24, 2.45) is 5.73 Å². The van der Waals surface area contributed by atoms with Gasteiger partial charge in [0.1, 0.15) is 0 Å². The van der Waals surface area contributed by atoms with E-state index in [1.165, 1.54) is 15.6 Å². The number of aryl methyl sites for hydroxylation is 1. The number of anilines is 2. The Kier molecular flexibility index (Phi) is 5.62. The lowest BCUT2D eigenvalue weighted by atomic mass is 9.98. The molecular weight excluding hydrogens is 468 g/mol. The van der Waals surface area contributed by atoms with E-state index < -0.39 is 5.91 Å². The lowest BCUT2D eigenvalue weighted by Crippen LogP contribution is -2.18. The average Bonchev–Trinajstić information content (AvgIpc) is 3.48. The second kappa shape index (κ2) is 8.96. The van der Waals surface area contributed by atoms with E-state index >= 15 is 0 Å². The summed E-state index contributed by atoms with van der Waals surface area (Å²) >= 11 is 1.75. The fraction of sp³-hybridized carbons (Fsp3) is 0.214. The van der Waals surface area contributed by atoms with Gasteiger partial charge in [0, 0.05) is 47.0 Å². The topological polar surface area (TPSA) is 97.0 Å². The molecule has 2 aromatic carbocycles. The zero-order valence-corrected chi connectivity index (χ0v) is 21.0. The number of thiophene rings is 1. The van der Waals surface area contributed by atoms with Crippen molar-refractivity contribution >= 4 is 49.7 Å². The number of fused-ring (bicyclic) bond motifs is 2. The zero-order chi connectivity index (χ0) is 24.8. The van der Waals surface area contributed by atoms with Gasteiger partial charge in [0.25, 0.3) is 5.91 Å². The monoisotopic (exact) mass is 494 g/mol. The number of aromatic nitrogens is 3. The molecule has 0 radical (unpaired) electrons. The Morgan fingerprint density at radius 2 is 1.97 bits per heavy atom. The summed E-state index contributed by atoms with van der Waals surface area (Å²) in [6, 6.07) is 12.2. The quantitative estimate of drug-likeness (QED) is 0.336. The Balaban J connectivity index is 1.50. The highest BCUT2D eigenvalue weighted by Gasteiger charge is 2.27. The molecule has 1 saturated heterocycles. The van der Waals surface area contributed by atoms with Gasteiger partial charge in [-0.1, -0.05) is 6.07 Å². The van der Waals surface area contributed by atoms with Gasteiger partial charge in [-0.25, -0.2) is 0 Å². The molecule has 6 rings (SSSR count). The van der Waals surface area contributed by atoms with E-state index in [-0.39, 0.29) is 5.92 Å². The maximum atomic E-state index is 12.4. The molecule has 36 heavy (non-hydrogen) atoms. The number of nitrogens with two attached hydrogens (primary N) is 1. The Labute approximate surface area is 213 Å². The Morgan fingerprint density at radius 1 is 1.11 bits per heavy atom. The van der Waals surface area contributed by atoms with Gasteiger partial charge in [0.05, 0.1) is 28.0 Å². The molecule has 0 bridgehead atoms. The predicted octanol–water partition coefficient (Wildman–Crippen LogP) is 5.48. The highest BCUT2D eigenvalue weighted by atomic mass is 32.1. The van der Waals surface area contributed by atoms with Crippen LogP contribution in [0.4, 0.5) is 11.4 Å². The van der Waals surface area contributed by atoms with Gasteiger partial charge >= 0.3 is 0 Å². The van der Waals surface area contributed by atoms with Crippen molar-refractivity contribution in [3.05, 3.63) is 77.2 Å². The molecule has 3 N–H and O–H groups in total. The number of likely N-dealkylation sites (tertiary alicyclic amines) is 1. The standard InChI is InChI=1S/C28H26N6OS/c1-16-15-36-24-4-3-17(11-21(16)24)22-12-19(13-23-26(22)32-9-8-30-23)33-27-20(28(29)35)5-7-31-25(27)18-6-10-34(2)14-18/h3-5,7-9,11-13,15,18,33H,6,10,14H2,1-2H3,(H2,29,35)/t18-/m1/s1. The van der Waals surface area contributed by atoms with E-state index in [0.29, 0.717) is 11.3 Å². The first-order valence-corrected chi connectivity index (χ1v) is 12.8. The summed E-state index contributed by atoms with van der Waals surface area (Å²) in [4.78, 5) is 28.6. The highest BCUT2D eigenvalue weighted by molar-refractivity contribution is 7.17. The first-order chi connectivity index (χ1) is 17.5. The fourth-order valence-electron chi connectivity index (χ4n) is 5.12. The van der Waals surface area contributed by atoms with Gasteiger partial charge in [-0.3, -0.25) is 19.7 Å². The minimum Gasteiger partial charge on any atom is -0.366 e. The summed E-state index contributed by atoms with van der Waals surface area (Å²) in [6.45, 7) is 4.01. The molecule has 3 aromatic heterocycles. The number of carbonyl (C=O) groups is 1. The SMILES string of the molecule is Cc1csc2ccc(-c3cc(Nc4c(C(N)=O)ccnc4[C@@H]4CCN(C)C4)cc4nccnc34)cc12. The van der Waals surface area contributed by atoms with Crippen molar-refractivity contribution in [3.8, 4) is 11.1 Å². The zero-order valence-electron chi connectivity index (χ0n) is 20.2. The van der Waals surface area contributed by atoms with Crippen LogP contribution in [0.15, 0.2) is 60.4 Å². The third-order valence-electron chi connectivity index (χ3n) is 6.94. The lowest BCUT2D eigenvalue weighted by molar-refractivity contribution is 0.100. The van der Waals surface area contributed by atoms with Crippen molar-refractivity contribution in [2.45, 2.75) is 19.3 Å². The number of carbonyl (C=O) groups excluding carboxylic acids is 1. The van der Waals surface area contributed by atoms with Crippen molar-refractivity contribution < 1.29 is 4.79 Å². The highest BCUT2D eigenvalue weighted by Crippen LogP contribution is 2.38. The molecule has 0 aliphatic carbocycles. The predicted molar refractivity (Wildman–Crippen MR) is 146 cm³/mol. The first kappa shape index (κ1) is 22.6. The third-order valence-corrected chi connectivity index (χ3v) is 8.03. The van der Waals surface area contributed by atoms with Crippen LogP contribution in [0, 0.1) is 6.92 Å². The summed E-state index contributed by atoms with van der Waals surface area (Å²) < 4.78 is 1.26. The molecule has 1 atom stereocenters. The van der Waals surface area contributed by atoms with Crippen molar-refractivity contribution in [1.29, 1.82) is 0 Å². The number of nitrogens with zero attached hydrogens (tertiary/aromatic N) is 4. The molecule has 1 amide bonds. The summed E-state index contributed by atoms with van der Waals surface area (Å²) in [5.41, 5.74) is 13.5. The van der Waals surface area contributed by atoms with Crippen LogP contribution in [0.2, 0.25) is 0 Å². The molecule has 1 aliphatic rings. The number of hydrogen-bond donors (Lipinski definition) is 2. The minimum absolute atomic E-state index is 0.223. The van der Waals surface area contributed by atoms with Crippen molar-refractivity contribution in [1.82, 2.24) is 19.9 Å². The molecule has 0 saturated carbocycles. The number of benzene rings is 2. The molecule has 7 nitrogen and oxygen atoms in total. The summed E-state index contributed by atoms with van der Waals surface area (Å²) in [5.74, 6) is -0.257. The van der Waals surface area contributed by atoms with Crippen LogP contribution in [0.3, 0.4) is 0 Å². The third kappa shape index (κ3) is 3.98. The van der Waals surface area contributed by atoms with E-state index in [1.54, 1.807) is 36.0 Å². The van der Waals surface area contributed by atoms with Crippen LogP contribution in [0.5, 0.6) is 0 Å². The second-order valence-electron chi connectivity index (χ2n) is 9.43. The van der Waals surface area contributed by atoms with Crippen molar-refractivity contribution in [2.75, 3.05) is 25.5 Å². The van der Waals surface area contributed by atoms with Gasteiger partial charge in [0.2, 0.25) is 0 Å². The number of primary amides is 1. The molecule has 1 fully saturated rings. The Hall–Kier alpha value is -3.88. The molecule has 1 aliphatic heterocycles. The van der Waals surface area contributed by atoms with Gasteiger partial charge in [-0.05, 0) is 79.2 Å². The summed E-state index contributed by atoms with van der Waals surface area (Å²) in [7, 11) is 2.10. The maximum absolute atomic E-state index is 12.4. The molecule has 0 unspecified atom stereocenters. The van der Waals surface area contributed by atoms with Crippen LogP contribution in [0.25, 0.3) is 32.2 Å². The van der Waals surface area contributed by atoms with E-state index in [0.717, 1.165) is 53.1 Å². The number of rotatable bonds is 5. The number of nitrogens with one attached hydrogen (secondary N) is 1. The molecule has 5 aromatic rings. The van der Waals surface area contributed by atoms with Gasteiger partial charge < -0.3 is 16.0 Å². The molecule has 180 valence electrons. The van der Waals surface area contributed by atoms with Crippen LogP contribution >= 0.6 is 11.3 Å². The van der Waals surface area contributed by atoms with Crippen LogP contribution in [0.1, 0.15) is 34.0 Å². The lowest BCUT2D eigenvalue weighted by Gasteiger charge is -2.19. The first-order valence-electron chi connectivity index (χ1n) is 11.9. The van der Waals surface area contributed by atoms with Gasteiger partial charge in [-0.15, -0.1) is 11.3 Å².